The molecule has 31 heavy (non-hydrogen) atoms. The van der Waals surface area contributed by atoms with Gasteiger partial charge in [0.05, 0.1) is 11.4 Å². The molecule has 6 heteroatoms. The van der Waals surface area contributed by atoms with E-state index in [1.807, 2.05) is 60.7 Å². The zero-order valence-electron chi connectivity index (χ0n) is 16.9. The maximum Gasteiger partial charge on any atom is 0.344 e. The van der Waals surface area contributed by atoms with Crippen LogP contribution in [-0.4, -0.2) is 25.1 Å². The third-order valence-electron chi connectivity index (χ3n) is 5.46. The van der Waals surface area contributed by atoms with E-state index < -0.39 is 5.97 Å². The number of esters is 1. The van der Waals surface area contributed by atoms with E-state index in [2.05, 4.69) is 6.07 Å². The molecule has 0 atom stereocenters. The molecule has 1 aliphatic heterocycles. The van der Waals surface area contributed by atoms with E-state index in [0.717, 1.165) is 40.4 Å². The standard InChI is InChI=1S/C25H21NO4S/c27-24(15-30-25(28)16-29-19-13-12-17-6-5-7-18(17)14-19)26-20-8-1-3-10-22(20)31-23-11-4-2-9-21(23)26/h1-4,8-14H,5-7,15-16H2. The molecule has 0 radical (unpaired) electrons. The van der Waals surface area contributed by atoms with Crippen molar-refractivity contribution in [1.82, 2.24) is 0 Å². The molecule has 5 rings (SSSR count). The second-order valence-corrected chi connectivity index (χ2v) is 8.58. The van der Waals surface area contributed by atoms with Crippen molar-refractivity contribution in [3.05, 3.63) is 77.9 Å². The Kier molecular flexibility index (Phi) is 5.38. The smallest absolute Gasteiger partial charge is 0.344 e. The number of para-hydroxylation sites is 2. The van der Waals surface area contributed by atoms with Crippen molar-refractivity contribution in [2.75, 3.05) is 18.1 Å². The van der Waals surface area contributed by atoms with Crippen molar-refractivity contribution in [1.29, 1.82) is 0 Å². The van der Waals surface area contributed by atoms with Gasteiger partial charge in [-0.05, 0) is 66.8 Å². The molecule has 1 amide bonds. The fraction of sp³-hybridized carbons (Fsp3) is 0.200. The Morgan fingerprint density at radius 3 is 2.26 bits per heavy atom. The summed E-state index contributed by atoms with van der Waals surface area (Å²) in [5, 5.41) is 0. The maximum atomic E-state index is 13.0. The highest BCUT2D eigenvalue weighted by molar-refractivity contribution is 7.99. The van der Waals surface area contributed by atoms with Crippen molar-refractivity contribution in [2.45, 2.75) is 29.1 Å². The molecule has 0 aromatic heterocycles. The first-order valence-corrected chi connectivity index (χ1v) is 11.1. The predicted octanol–water partition coefficient (Wildman–Crippen LogP) is 4.93. The Balaban J connectivity index is 1.23. The summed E-state index contributed by atoms with van der Waals surface area (Å²) in [6, 6.07) is 21.3. The summed E-state index contributed by atoms with van der Waals surface area (Å²) in [6.07, 6.45) is 3.30. The van der Waals surface area contributed by atoms with Crippen molar-refractivity contribution in [3.8, 4) is 5.75 Å². The molecule has 0 spiro atoms. The van der Waals surface area contributed by atoms with Crippen molar-refractivity contribution < 1.29 is 19.1 Å². The van der Waals surface area contributed by atoms with Gasteiger partial charge in [-0.1, -0.05) is 42.1 Å². The Morgan fingerprint density at radius 2 is 1.52 bits per heavy atom. The normalized spacial score (nSPS) is 13.7. The van der Waals surface area contributed by atoms with Gasteiger partial charge in [0.2, 0.25) is 0 Å². The Bertz CT molecular complexity index is 1110. The van der Waals surface area contributed by atoms with Crippen LogP contribution in [0.1, 0.15) is 17.5 Å². The summed E-state index contributed by atoms with van der Waals surface area (Å²) in [5.74, 6) is -0.215. The minimum Gasteiger partial charge on any atom is -0.482 e. The molecule has 5 nitrogen and oxygen atoms in total. The number of carbonyl (C=O) groups excluding carboxylic acids is 2. The van der Waals surface area contributed by atoms with Crippen LogP contribution in [0, 0.1) is 0 Å². The average Bonchev–Trinajstić information content (AvgIpc) is 3.27. The Hall–Kier alpha value is -3.25. The second kappa shape index (κ2) is 8.47. The van der Waals surface area contributed by atoms with E-state index >= 15 is 0 Å². The highest BCUT2D eigenvalue weighted by Gasteiger charge is 2.28. The molecule has 0 fully saturated rings. The van der Waals surface area contributed by atoms with Crippen LogP contribution in [0.3, 0.4) is 0 Å². The lowest BCUT2D eigenvalue weighted by atomic mass is 10.1. The first kappa shape index (κ1) is 19.7. The number of hydrogen-bond acceptors (Lipinski definition) is 5. The van der Waals surface area contributed by atoms with Crippen LogP contribution >= 0.6 is 11.8 Å². The quantitative estimate of drug-likeness (QED) is 0.537. The number of rotatable bonds is 5. The van der Waals surface area contributed by atoms with Crippen LogP contribution in [0.4, 0.5) is 11.4 Å². The number of ether oxygens (including phenoxy) is 2. The number of aryl methyl sites for hydroxylation is 2. The van der Waals surface area contributed by atoms with E-state index in [0.29, 0.717) is 5.75 Å². The zero-order valence-corrected chi connectivity index (χ0v) is 17.7. The molecule has 0 unspecified atom stereocenters. The van der Waals surface area contributed by atoms with Crippen molar-refractivity contribution >= 4 is 35.0 Å². The van der Waals surface area contributed by atoms with Crippen LogP contribution in [-0.2, 0) is 27.2 Å². The molecule has 0 bridgehead atoms. The molecule has 3 aromatic carbocycles. The molecule has 0 N–H and O–H groups in total. The predicted molar refractivity (Wildman–Crippen MR) is 119 cm³/mol. The second-order valence-electron chi connectivity index (χ2n) is 7.50. The molecular formula is C25H21NO4S. The number of carbonyl (C=O) groups is 2. The minimum atomic E-state index is -0.568. The highest BCUT2D eigenvalue weighted by atomic mass is 32.2. The molecule has 1 aliphatic carbocycles. The summed E-state index contributed by atoms with van der Waals surface area (Å²) in [4.78, 5) is 28.8. The van der Waals surface area contributed by atoms with Gasteiger partial charge >= 0.3 is 5.97 Å². The zero-order chi connectivity index (χ0) is 21.2. The molecule has 156 valence electrons. The summed E-state index contributed by atoms with van der Waals surface area (Å²) in [5.41, 5.74) is 4.21. The number of anilines is 2. The maximum absolute atomic E-state index is 13.0. The lowest BCUT2D eigenvalue weighted by molar-refractivity contribution is -0.149. The van der Waals surface area contributed by atoms with Crippen molar-refractivity contribution in [3.63, 3.8) is 0 Å². The van der Waals surface area contributed by atoms with Gasteiger partial charge in [0.1, 0.15) is 5.75 Å². The Morgan fingerprint density at radius 1 is 0.839 bits per heavy atom. The SMILES string of the molecule is O=C(COc1ccc2c(c1)CCC2)OCC(=O)N1c2ccccc2Sc2ccccc21. The minimum absolute atomic E-state index is 0.227. The van der Waals surface area contributed by atoms with Crippen molar-refractivity contribution in [2.24, 2.45) is 0 Å². The summed E-state index contributed by atoms with van der Waals surface area (Å²) < 4.78 is 10.8. The monoisotopic (exact) mass is 431 g/mol. The van der Waals surface area contributed by atoms with Gasteiger partial charge in [-0.2, -0.15) is 0 Å². The fourth-order valence-electron chi connectivity index (χ4n) is 4.00. The van der Waals surface area contributed by atoms with Crippen LogP contribution in [0.15, 0.2) is 76.5 Å². The van der Waals surface area contributed by atoms with Crippen LogP contribution in [0.2, 0.25) is 0 Å². The number of fused-ring (bicyclic) bond motifs is 3. The van der Waals surface area contributed by atoms with Gasteiger partial charge in [0.15, 0.2) is 13.2 Å². The molecular weight excluding hydrogens is 410 g/mol. The highest BCUT2D eigenvalue weighted by Crippen LogP contribution is 2.47. The summed E-state index contributed by atoms with van der Waals surface area (Å²) in [6.45, 7) is -0.575. The number of amides is 1. The van der Waals surface area contributed by atoms with Crippen LogP contribution < -0.4 is 9.64 Å². The molecule has 1 heterocycles. The first-order valence-electron chi connectivity index (χ1n) is 10.3. The van der Waals surface area contributed by atoms with Gasteiger partial charge in [-0.15, -0.1) is 0 Å². The van der Waals surface area contributed by atoms with Gasteiger partial charge in [-0.25, -0.2) is 4.79 Å². The lowest BCUT2D eigenvalue weighted by Crippen LogP contribution is -2.33. The summed E-state index contributed by atoms with van der Waals surface area (Å²) in [7, 11) is 0. The molecule has 3 aromatic rings. The molecule has 2 aliphatic rings. The van der Waals surface area contributed by atoms with E-state index in [1.165, 1.54) is 11.1 Å². The molecule has 0 saturated heterocycles. The first-order chi connectivity index (χ1) is 15.2. The third-order valence-corrected chi connectivity index (χ3v) is 6.60. The van der Waals surface area contributed by atoms with E-state index in [9.17, 15) is 9.59 Å². The number of nitrogens with zero attached hydrogens (tertiary/aromatic N) is 1. The lowest BCUT2D eigenvalue weighted by Gasteiger charge is -2.30. The van der Waals surface area contributed by atoms with Crippen LogP contribution in [0.25, 0.3) is 0 Å². The van der Waals surface area contributed by atoms with E-state index in [4.69, 9.17) is 9.47 Å². The fourth-order valence-corrected chi connectivity index (χ4v) is 5.06. The molecule has 0 saturated carbocycles. The van der Waals surface area contributed by atoms with Gasteiger partial charge in [0.25, 0.3) is 5.91 Å². The average molecular weight is 432 g/mol. The van der Waals surface area contributed by atoms with Crippen LogP contribution in [0.5, 0.6) is 5.75 Å². The van der Waals surface area contributed by atoms with Gasteiger partial charge in [0, 0.05) is 9.79 Å². The van der Waals surface area contributed by atoms with E-state index in [1.54, 1.807) is 16.7 Å². The van der Waals surface area contributed by atoms with Gasteiger partial charge in [-0.3, -0.25) is 9.69 Å². The summed E-state index contributed by atoms with van der Waals surface area (Å²) >= 11 is 1.62. The van der Waals surface area contributed by atoms with Gasteiger partial charge < -0.3 is 9.47 Å². The number of hydrogen-bond donors (Lipinski definition) is 0. The van der Waals surface area contributed by atoms with E-state index in [-0.39, 0.29) is 19.1 Å². The third kappa shape index (κ3) is 4.03. The largest absolute Gasteiger partial charge is 0.482 e. The Labute approximate surface area is 185 Å². The number of benzene rings is 3. The topological polar surface area (TPSA) is 55.8 Å².